The summed E-state index contributed by atoms with van der Waals surface area (Å²) in [7, 11) is 2.07. The van der Waals surface area contributed by atoms with Gasteiger partial charge in [-0.1, -0.05) is 6.07 Å². The molecule has 2 aliphatic carbocycles. The SMILES string of the molecule is C[NH2+]c1ccc2c(c1C=N)C1C3CCC(C3)[C@H]1[C@H](c1ccc3[nH]nc(N)c3c1)N2. The molecule has 2 saturated carbocycles. The van der Waals surface area contributed by atoms with Crippen molar-refractivity contribution in [1.82, 2.24) is 10.2 Å². The van der Waals surface area contributed by atoms with Gasteiger partial charge in [0.05, 0.1) is 24.2 Å². The van der Waals surface area contributed by atoms with Crippen molar-refractivity contribution in [3.05, 3.63) is 47.0 Å². The number of fused-ring (bicyclic) bond motifs is 8. The third-order valence-electron chi connectivity index (χ3n) is 7.76. The Bertz CT molecular complexity index is 1130. The molecule has 148 valence electrons. The molecule has 29 heavy (non-hydrogen) atoms. The van der Waals surface area contributed by atoms with E-state index in [4.69, 9.17) is 11.1 Å². The van der Waals surface area contributed by atoms with Crippen LogP contribution in [0.1, 0.15) is 47.9 Å². The number of H-pyrrole nitrogens is 1. The number of quaternary nitrogens is 1. The van der Waals surface area contributed by atoms with Crippen LogP contribution in [-0.2, 0) is 0 Å². The van der Waals surface area contributed by atoms with Gasteiger partial charge in [-0.2, -0.15) is 5.10 Å². The maximum absolute atomic E-state index is 8.13. The van der Waals surface area contributed by atoms with Gasteiger partial charge < -0.3 is 21.8 Å². The molecule has 6 nitrogen and oxygen atoms in total. The number of nitrogens with zero attached hydrogens (tertiary/aromatic N) is 1. The lowest BCUT2D eigenvalue weighted by Crippen LogP contribution is -2.73. The number of hydrogen-bond donors (Lipinski definition) is 5. The second-order valence-corrected chi connectivity index (χ2v) is 8.93. The van der Waals surface area contributed by atoms with Gasteiger partial charge in [0.15, 0.2) is 5.82 Å². The summed E-state index contributed by atoms with van der Waals surface area (Å²) in [6.07, 6.45) is 5.54. The first-order valence-corrected chi connectivity index (χ1v) is 10.7. The standard InChI is InChI=1S/C23H26N6/c1-26-16-6-7-18-21(15(16)10-24)19-11-2-3-12(8-11)20(19)22(27-18)13-4-5-17-14(9-13)23(25)29-28-17/h4-7,9-12,19-20,22,24,26-27H,2-3,8H2,1H3,(H3,25,28,29)/p+1/t11?,12?,19?,20-,22+/m1/s1. The van der Waals surface area contributed by atoms with Crippen molar-refractivity contribution in [2.75, 3.05) is 18.1 Å². The highest BCUT2D eigenvalue weighted by molar-refractivity contribution is 5.90. The number of aromatic amines is 1. The predicted octanol–water partition coefficient (Wildman–Crippen LogP) is 3.26. The highest BCUT2D eigenvalue weighted by atomic mass is 15.1. The van der Waals surface area contributed by atoms with Gasteiger partial charge in [-0.25, -0.2) is 0 Å². The molecule has 1 aliphatic heterocycles. The molecule has 2 fully saturated rings. The second kappa shape index (κ2) is 6.07. The Labute approximate surface area is 169 Å². The zero-order valence-electron chi connectivity index (χ0n) is 16.6. The first-order chi connectivity index (χ1) is 14.2. The van der Waals surface area contributed by atoms with Crippen molar-refractivity contribution in [2.45, 2.75) is 31.2 Å². The van der Waals surface area contributed by atoms with E-state index < -0.39 is 0 Å². The maximum Gasteiger partial charge on any atom is 0.153 e. The molecule has 3 aromatic rings. The number of benzene rings is 2. The van der Waals surface area contributed by atoms with Crippen LogP contribution in [0, 0.1) is 23.2 Å². The lowest BCUT2D eigenvalue weighted by molar-refractivity contribution is -0.539. The van der Waals surface area contributed by atoms with E-state index in [1.807, 2.05) is 0 Å². The van der Waals surface area contributed by atoms with E-state index in [1.165, 1.54) is 41.8 Å². The summed E-state index contributed by atoms with van der Waals surface area (Å²) in [5.41, 5.74) is 13.2. The molecule has 6 heteroatoms. The molecule has 6 rings (SSSR count). The van der Waals surface area contributed by atoms with Crippen LogP contribution < -0.4 is 16.4 Å². The summed E-state index contributed by atoms with van der Waals surface area (Å²) in [5.74, 6) is 3.15. The molecule has 0 amide bonds. The van der Waals surface area contributed by atoms with Gasteiger partial charge in [0.1, 0.15) is 5.69 Å². The number of hydrogen-bond acceptors (Lipinski definition) is 4. The summed E-state index contributed by atoms with van der Waals surface area (Å²) in [6, 6.07) is 11.2. The second-order valence-electron chi connectivity index (χ2n) is 8.93. The number of aromatic nitrogens is 2. The van der Waals surface area contributed by atoms with Crippen LogP contribution in [0.3, 0.4) is 0 Å². The van der Waals surface area contributed by atoms with E-state index in [9.17, 15) is 0 Å². The number of nitrogens with one attached hydrogen (secondary N) is 3. The molecule has 3 unspecified atom stereocenters. The van der Waals surface area contributed by atoms with Gasteiger partial charge in [-0.05, 0) is 72.3 Å². The molecule has 7 N–H and O–H groups in total. The molecular weight excluding hydrogens is 360 g/mol. The molecule has 1 aromatic heterocycles. The van der Waals surface area contributed by atoms with Crippen LogP contribution in [0.2, 0.25) is 0 Å². The van der Waals surface area contributed by atoms with E-state index in [2.05, 4.69) is 58.2 Å². The number of nitrogens with two attached hydrogens (primary N) is 2. The largest absolute Gasteiger partial charge is 0.382 e. The van der Waals surface area contributed by atoms with Crippen molar-refractivity contribution in [3.8, 4) is 0 Å². The molecular formula is C23H27N6+. The topological polar surface area (TPSA) is 107 Å². The van der Waals surface area contributed by atoms with E-state index >= 15 is 0 Å². The Morgan fingerprint density at radius 3 is 2.90 bits per heavy atom. The predicted molar refractivity (Wildman–Crippen MR) is 116 cm³/mol. The van der Waals surface area contributed by atoms with Gasteiger partial charge in [0.25, 0.3) is 0 Å². The van der Waals surface area contributed by atoms with Crippen LogP contribution in [0.25, 0.3) is 10.9 Å². The van der Waals surface area contributed by atoms with Crippen LogP contribution >= 0.6 is 0 Å². The summed E-state index contributed by atoms with van der Waals surface area (Å²) in [6.45, 7) is 0. The molecule has 0 radical (unpaired) electrons. The Morgan fingerprint density at radius 2 is 2.07 bits per heavy atom. The van der Waals surface area contributed by atoms with Crippen LogP contribution in [-0.4, -0.2) is 23.5 Å². The van der Waals surface area contributed by atoms with E-state index in [0.29, 0.717) is 17.7 Å². The smallest absolute Gasteiger partial charge is 0.153 e. The van der Waals surface area contributed by atoms with Gasteiger partial charge in [-0.15, -0.1) is 0 Å². The zero-order valence-corrected chi connectivity index (χ0v) is 16.6. The minimum absolute atomic E-state index is 0.275. The minimum atomic E-state index is 0.275. The van der Waals surface area contributed by atoms with E-state index in [1.54, 1.807) is 6.21 Å². The van der Waals surface area contributed by atoms with E-state index in [-0.39, 0.29) is 6.04 Å². The van der Waals surface area contributed by atoms with Crippen molar-refractivity contribution in [1.29, 1.82) is 5.41 Å². The Hall–Kier alpha value is -2.86. The normalized spacial score (nSPS) is 29.5. The summed E-state index contributed by atoms with van der Waals surface area (Å²) >= 11 is 0. The fourth-order valence-corrected chi connectivity index (χ4v) is 6.61. The van der Waals surface area contributed by atoms with Crippen LogP contribution in [0.15, 0.2) is 30.3 Å². The Balaban J connectivity index is 1.53. The zero-order chi connectivity index (χ0) is 19.7. The molecule has 2 aromatic carbocycles. The highest BCUT2D eigenvalue weighted by Crippen LogP contribution is 2.64. The molecule has 5 atom stereocenters. The van der Waals surface area contributed by atoms with E-state index in [0.717, 1.165) is 28.3 Å². The first-order valence-electron chi connectivity index (χ1n) is 10.7. The van der Waals surface area contributed by atoms with Crippen molar-refractivity contribution in [2.24, 2.45) is 17.8 Å². The van der Waals surface area contributed by atoms with Crippen LogP contribution in [0.4, 0.5) is 17.2 Å². The fourth-order valence-electron chi connectivity index (χ4n) is 6.61. The third-order valence-corrected chi connectivity index (χ3v) is 7.76. The Kier molecular flexibility index (Phi) is 3.56. The summed E-state index contributed by atoms with van der Waals surface area (Å²) in [5, 5.41) is 22.3. The lowest BCUT2D eigenvalue weighted by Gasteiger charge is -2.44. The number of anilines is 2. The molecule has 0 saturated heterocycles. The van der Waals surface area contributed by atoms with Crippen molar-refractivity contribution >= 4 is 34.3 Å². The van der Waals surface area contributed by atoms with Gasteiger partial charge in [0, 0.05) is 23.4 Å². The average molecular weight is 388 g/mol. The van der Waals surface area contributed by atoms with Crippen molar-refractivity contribution < 1.29 is 5.32 Å². The molecule has 3 aliphatic rings. The average Bonchev–Trinajstić information content (AvgIpc) is 3.47. The summed E-state index contributed by atoms with van der Waals surface area (Å²) < 4.78 is 0. The summed E-state index contributed by atoms with van der Waals surface area (Å²) in [4.78, 5) is 0. The monoisotopic (exact) mass is 387 g/mol. The van der Waals surface area contributed by atoms with Gasteiger partial charge in [-0.3, -0.25) is 5.10 Å². The lowest BCUT2D eigenvalue weighted by atomic mass is 9.67. The molecule has 2 bridgehead atoms. The maximum atomic E-state index is 8.13. The van der Waals surface area contributed by atoms with Crippen molar-refractivity contribution in [3.63, 3.8) is 0 Å². The number of nitrogen functional groups attached to an aromatic ring is 1. The third kappa shape index (κ3) is 2.26. The van der Waals surface area contributed by atoms with Crippen LogP contribution in [0.5, 0.6) is 0 Å². The van der Waals surface area contributed by atoms with Gasteiger partial charge in [0.2, 0.25) is 0 Å². The molecule has 0 spiro atoms. The number of rotatable bonds is 3. The quantitative estimate of drug-likeness (QED) is 0.352. The highest BCUT2D eigenvalue weighted by Gasteiger charge is 2.54. The minimum Gasteiger partial charge on any atom is -0.382 e. The van der Waals surface area contributed by atoms with Gasteiger partial charge >= 0.3 is 0 Å². The first kappa shape index (κ1) is 17.0. The Morgan fingerprint density at radius 1 is 1.21 bits per heavy atom. The fraction of sp³-hybridized carbons (Fsp3) is 0.391. The molecule has 2 heterocycles.